The molecular formula is C16H26N4S. The van der Waals surface area contributed by atoms with E-state index >= 15 is 0 Å². The van der Waals surface area contributed by atoms with E-state index < -0.39 is 0 Å². The first-order valence-corrected chi connectivity index (χ1v) is 9.30. The van der Waals surface area contributed by atoms with Gasteiger partial charge in [0.2, 0.25) is 0 Å². The Kier molecular flexibility index (Phi) is 3.90. The second kappa shape index (κ2) is 5.86. The molecule has 21 heavy (non-hydrogen) atoms. The van der Waals surface area contributed by atoms with Gasteiger partial charge in [-0.1, -0.05) is 0 Å². The fraction of sp³-hybridized carbons (Fsp3) is 0.812. The van der Waals surface area contributed by atoms with Crippen molar-refractivity contribution in [2.75, 3.05) is 31.1 Å². The van der Waals surface area contributed by atoms with E-state index in [1.165, 1.54) is 74.0 Å². The molecule has 0 bridgehead atoms. The lowest BCUT2D eigenvalue weighted by Gasteiger charge is -2.25. The summed E-state index contributed by atoms with van der Waals surface area (Å²) in [4.78, 5) is 11.5. The van der Waals surface area contributed by atoms with Crippen LogP contribution < -0.4 is 10.2 Å². The third-order valence-electron chi connectivity index (χ3n) is 5.08. The lowest BCUT2D eigenvalue weighted by molar-refractivity contribution is 0.273. The standard InChI is InChI=1S/C16H26N4S/c1-12-15(10-17-13-5-6-13)21-16(18-12)20-9-3-8-19-7-2-4-14(19)11-20/h13-14,17H,2-11H2,1H3. The Bertz CT molecular complexity index is 496. The zero-order valence-corrected chi connectivity index (χ0v) is 13.8. The number of fused-ring (bicyclic) bond motifs is 1. The summed E-state index contributed by atoms with van der Waals surface area (Å²) in [6, 6.07) is 1.55. The molecule has 1 aliphatic carbocycles. The molecule has 3 heterocycles. The number of anilines is 1. The van der Waals surface area contributed by atoms with E-state index in [9.17, 15) is 0 Å². The highest BCUT2D eigenvalue weighted by molar-refractivity contribution is 7.15. The first-order chi connectivity index (χ1) is 10.3. The Labute approximate surface area is 131 Å². The van der Waals surface area contributed by atoms with Gasteiger partial charge in [-0.15, -0.1) is 11.3 Å². The molecule has 3 aliphatic rings. The van der Waals surface area contributed by atoms with E-state index in [1.807, 2.05) is 11.3 Å². The number of hydrogen-bond donors (Lipinski definition) is 1. The number of nitrogens with one attached hydrogen (secondary N) is 1. The van der Waals surface area contributed by atoms with Crippen LogP contribution in [0.5, 0.6) is 0 Å². The topological polar surface area (TPSA) is 31.4 Å². The number of aryl methyl sites for hydroxylation is 1. The van der Waals surface area contributed by atoms with Crippen LogP contribution in [0.15, 0.2) is 0 Å². The Morgan fingerprint density at radius 3 is 2.90 bits per heavy atom. The third kappa shape index (κ3) is 3.10. The Morgan fingerprint density at radius 2 is 2.05 bits per heavy atom. The maximum Gasteiger partial charge on any atom is 0.185 e. The highest BCUT2D eigenvalue weighted by atomic mass is 32.1. The normalized spacial score (nSPS) is 26.9. The monoisotopic (exact) mass is 306 g/mol. The summed E-state index contributed by atoms with van der Waals surface area (Å²) in [7, 11) is 0. The van der Waals surface area contributed by atoms with E-state index in [0.717, 1.165) is 18.6 Å². The second-order valence-corrected chi connectivity index (χ2v) is 7.85. The molecule has 0 radical (unpaired) electrons. The minimum absolute atomic E-state index is 0.768. The molecule has 5 heteroatoms. The molecule has 116 valence electrons. The van der Waals surface area contributed by atoms with Gasteiger partial charge in [0.05, 0.1) is 5.69 Å². The van der Waals surface area contributed by atoms with Crippen molar-refractivity contribution in [3.05, 3.63) is 10.6 Å². The van der Waals surface area contributed by atoms with Crippen LogP contribution in [0.1, 0.15) is 42.7 Å². The van der Waals surface area contributed by atoms with Crippen LogP contribution in [0.25, 0.3) is 0 Å². The number of thiazole rings is 1. The minimum Gasteiger partial charge on any atom is -0.346 e. The second-order valence-electron chi connectivity index (χ2n) is 6.79. The largest absolute Gasteiger partial charge is 0.346 e. The molecule has 1 atom stereocenters. The number of aromatic nitrogens is 1. The van der Waals surface area contributed by atoms with Gasteiger partial charge in [0.15, 0.2) is 5.13 Å². The van der Waals surface area contributed by atoms with Gasteiger partial charge >= 0.3 is 0 Å². The summed E-state index contributed by atoms with van der Waals surface area (Å²) in [5.74, 6) is 0. The first-order valence-electron chi connectivity index (χ1n) is 8.48. The van der Waals surface area contributed by atoms with Gasteiger partial charge in [-0.3, -0.25) is 4.90 Å². The van der Waals surface area contributed by atoms with Crippen molar-refractivity contribution in [2.45, 2.75) is 57.7 Å². The number of rotatable bonds is 4. The molecule has 2 saturated heterocycles. The molecule has 0 aromatic carbocycles. The summed E-state index contributed by atoms with van der Waals surface area (Å²) in [6.07, 6.45) is 6.75. The average molecular weight is 306 g/mol. The zero-order chi connectivity index (χ0) is 14.2. The van der Waals surface area contributed by atoms with E-state index in [0.29, 0.717) is 0 Å². The molecule has 1 unspecified atom stereocenters. The van der Waals surface area contributed by atoms with Crippen LogP contribution in [0.3, 0.4) is 0 Å². The summed E-state index contributed by atoms with van der Waals surface area (Å²) in [5, 5.41) is 4.88. The van der Waals surface area contributed by atoms with Crippen LogP contribution in [0.2, 0.25) is 0 Å². The number of hydrogen-bond acceptors (Lipinski definition) is 5. The van der Waals surface area contributed by atoms with Crippen molar-refractivity contribution < 1.29 is 0 Å². The molecule has 2 aliphatic heterocycles. The van der Waals surface area contributed by atoms with Gasteiger partial charge in [-0.25, -0.2) is 4.98 Å². The summed E-state index contributed by atoms with van der Waals surface area (Å²) >= 11 is 1.91. The molecule has 1 aromatic rings. The maximum atomic E-state index is 4.87. The molecule has 3 fully saturated rings. The Hall–Kier alpha value is -0.650. The Morgan fingerprint density at radius 1 is 1.19 bits per heavy atom. The molecule has 4 rings (SSSR count). The van der Waals surface area contributed by atoms with Crippen LogP contribution in [0, 0.1) is 6.92 Å². The highest BCUT2D eigenvalue weighted by Gasteiger charge is 2.30. The van der Waals surface area contributed by atoms with E-state index in [4.69, 9.17) is 4.98 Å². The predicted octanol–water partition coefficient (Wildman–Crippen LogP) is 2.38. The van der Waals surface area contributed by atoms with Crippen LogP contribution in [-0.4, -0.2) is 48.1 Å². The van der Waals surface area contributed by atoms with Crippen LogP contribution in [0.4, 0.5) is 5.13 Å². The fourth-order valence-electron chi connectivity index (χ4n) is 3.62. The molecule has 1 aromatic heterocycles. The maximum absolute atomic E-state index is 4.87. The van der Waals surface area contributed by atoms with Gasteiger partial charge in [-0.2, -0.15) is 0 Å². The van der Waals surface area contributed by atoms with Crippen LogP contribution >= 0.6 is 11.3 Å². The average Bonchev–Trinajstić information content (AvgIpc) is 3.15. The van der Waals surface area contributed by atoms with E-state index in [-0.39, 0.29) is 0 Å². The Balaban J connectivity index is 1.45. The van der Waals surface area contributed by atoms with Crippen molar-refractivity contribution >= 4 is 16.5 Å². The molecular weight excluding hydrogens is 280 g/mol. The lowest BCUT2D eigenvalue weighted by Crippen LogP contribution is -2.36. The van der Waals surface area contributed by atoms with Gasteiger partial charge in [0, 0.05) is 43.1 Å². The molecule has 4 nitrogen and oxygen atoms in total. The third-order valence-corrected chi connectivity index (χ3v) is 6.30. The fourth-order valence-corrected chi connectivity index (χ4v) is 4.66. The van der Waals surface area contributed by atoms with Crippen molar-refractivity contribution in [1.29, 1.82) is 0 Å². The first kappa shape index (κ1) is 14.0. The van der Waals surface area contributed by atoms with Gasteiger partial charge in [0.1, 0.15) is 0 Å². The van der Waals surface area contributed by atoms with Crippen molar-refractivity contribution in [3.8, 4) is 0 Å². The number of nitrogens with zero attached hydrogens (tertiary/aromatic N) is 3. The zero-order valence-electron chi connectivity index (χ0n) is 13.0. The lowest BCUT2D eigenvalue weighted by atomic mass is 10.2. The minimum atomic E-state index is 0.768. The van der Waals surface area contributed by atoms with Gasteiger partial charge in [-0.05, 0) is 45.6 Å². The molecule has 1 saturated carbocycles. The molecule has 0 amide bonds. The quantitative estimate of drug-likeness (QED) is 0.925. The van der Waals surface area contributed by atoms with Crippen LogP contribution in [-0.2, 0) is 6.54 Å². The van der Waals surface area contributed by atoms with Crippen molar-refractivity contribution in [3.63, 3.8) is 0 Å². The smallest absolute Gasteiger partial charge is 0.185 e. The van der Waals surface area contributed by atoms with E-state index in [2.05, 4.69) is 22.0 Å². The summed E-state index contributed by atoms with van der Waals surface area (Å²) < 4.78 is 0. The van der Waals surface area contributed by atoms with Crippen molar-refractivity contribution in [1.82, 2.24) is 15.2 Å². The molecule has 1 N–H and O–H groups in total. The highest BCUT2D eigenvalue weighted by Crippen LogP contribution is 2.30. The van der Waals surface area contributed by atoms with Gasteiger partial charge < -0.3 is 10.2 Å². The van der Waals surface area contributed by atoms with Gasteiger partial charge in [0.25, 0.3) is 0 Å². The molecule has 0 spiro atoms. The SMILES string of the molecule is Cc1nc(N2CCCN3CCCC3C2)sc1CNC1CC1. The predicted molar refractivity (Wildman–Crippen MR) is 88.1 cm³/mol. The van der Waals surface area contributed by atoms with E-state index in [1.54, 1.807) is 0 Å². The van der Waals surface area contributed by atoms with Crippen molar-refractivity contribution in [2.24, 2.45) is 0 Å². The summed E-state index contributed by atoms with van der Waals surface area (Å²) in [5.41, 5.74) is 1.23. The summed E-state index contributed by atoms with van der Waals surface area (Å²) in [6.45, 7) is 8.13.